The lowest BCUT2D eigenvalue weighted by Crippen LogP contribution is -2.45. The van der Waals surface area contributed by atoms with E-state index < -0.39 is 4.65 Å². The van der Waals surface area contributed by atoms with Crippen LogP contribution in [-0.4, -0.2) is 41.2 Å². The number of quaternary nitrogens is 1. The average Bonchev–Trinajstić information content (AvgIpc) is 2.22. The Bertz CT molecular complexity index is 327. The molecule has 1 rings (SSSR count). The molecule has 0 heterocycles. The van der Waals surface area contributed by atoms with Gasteiger partial charge in [0.05, 0.1) is 13.2 Å². The van der Waals surface area contributed by atoms with Crippen molar-refractivity contribution < 1.29 is 14.9 Å². The van der Waals surface area contributed by atoms with Crippen molar-refractivity contribution >= 4 is 11.6 Å². The second-order valence-corrected chi connectivity index (χ2v) is 4.11. The summed E-state index contributed by atoms with van der Waals surface area (Å²) in [6.45, 7) is -0.111. The lowest BCUT2D eigenvalue weighted by atomic mass is 10.2. The fraction of sp³-hybridized carbons (Fsp3) is 0.455. The Labute approximate surface area is 99.9 Å². The van der Waals surface area contributed by atoms with E-state index in [-0.39, 0.29) is 32.8 Å². The van der Waals surface area contributed by atoms with Crippen LogP contribution in [0.4, 0.5) is 0 Å². The Morgan fingerprint density at radius 2 is 1.69 bits per heavy atom. The third kappa shape index (κ3) is 3.73. The molecule has 0 radical (unpaired) electrons. The first kappa shape index (κ1) is 13.4. The Morgan fingerprint density at radius 1 is 1.12 bits per heavy atom. The van der Waals surface area contributed by atoms with E-state index in [0.29, 0.717) is 5.02 Å². The predicted molar refractivity (Wildman–Crippen MR) is 62.7 cm³/mol. The zero-order valence-corrected chi connectivity index (χ0v) is 9.73. The van der Waals surface area contributed by atoms with E-state index in [1.165, 1.54) is 0 Å². The van der Waals surface area contributed by atoms with Crippen LogP contribution in [0.1, 0.15) is 5.56 Å². The van der Waals surface area contributed by atoms with E-state index >= 15 is 0 Å². The number of benzene rings is 1. The number of aliphatic hydroxyl groups excluding tert-OH is 2. The van der Waals surface area contributed by atoms with Gasteiger partial charge in [0.2, 0.25) is 0 Å². The Balaban J connectivity index is 2.79. The molecule has 0 aromatic heterocycles. The largest absolute Gasteiger partial charge is 0.632 e. The number of nitrogens with zero attached hydrogens (tertiary/aromatic N) is 1. The molecule has 2 N–H and O–H groups in total. The summed E-state index contributed by atoms with van der Waals surface area (Å²) >= 11 is 5.96. The van der Waals surface area contributed by atoms with Crippen LogP contribution in [0.2, 0.25) is 5.02 Å². The summed E-state index contributed by atoms with van der Waals surface area (Å²) in [5.74, 6) is 0. The molecular weight excluding hydrogens is 230 g/mol. The zero-order valence-electron chi connectivity index (χ0n) is 8.97. The van der Waals surface area contributed by atoms with Gasteiger partial charge in [0.1, 0.15) is 19.6 Å². The average molecular weight is 246 g/mol. The SMILES string of the molecule is [O-][N+](CCO)(CCO)Cc1ccccc1Cl. The fourth-order valence-electron chi connectivity index (χ4n) is 1.57. The highest BCUT2D eigenvalue weighted by Crippen LogP contribution is 2.20. The van der Waals surface area contributed by atoms with Crippen LogP contribution in [-0.2, 0) is 6.54 Å². The molecule has 0 saturated heterocycles. The molecule has 0 bridgehead atoms. The minimum atomic E-state index is -0.656. The summed E-state index contributed by atoms with van der Waals surface area (Å²) in [6, 6.07) is 7.11. The van der Waals surface area contributed by atoms with Crippen molar-refractivity contribution in [3.05, 3.63) is 40.1 Å². The highest BCUT2D eigenvalue weighted by atomic mass is 35.5. The second-order valence-electron chi connectivity index (χ2n) is 3.70. The normalized spacial score (nSPS) is 11.8. The summed E-state index contributed by atoms with van der Waals surface area (Å²) in [5, 5.41) is 30.4. The van der Waals surface area contributed by atoms with Crippen molar-refractivity contribution in [3.8, 4) is 0 Å². The molecule has 16 heavy (non-hydrogen) atoms. The van der Waals surface area contributed by atoms with Crippen molar-refractivity contribution in [2.75, 3.05) is 26.3 Å². The molecule has 0 aliphatic heterocycles. The molecule has 0 fully saturated rings. The van der Waals surface area contributed by atoms with Crippen LogP contribution in [0.25, 0.3) is 0 Å². The fourth-order valence-corrected chi connectivity index (χ4v) is 1.77. The maximum Gasteiger partial charge on any atom is 0.106 e. The Kier molecular flexibility index (Phi) is 5.18. The molecule has 0 atom stereocenters. The highest BCUT2D eigenvalue weighted by Gasteiger charge is 2.17. The van der Waals surface area contributed by atoms with Gasteiger partial charge < -0.3 is 20.1 Å². The van der Waals surface area contributed by atoms with Gasteiger partial charge in [0.15, 0.2) is 0 Å². The van der Waals surface area contributed by atoms with Gasteiger partial charge >= 0.3 is 0 Å². The van der Waals surface area contributed by atoms with E-state index in [1.807, 2.05) is 6.07 Å². The van der Waals surface area contributed by atoms with Crippen molar-refractivity contribution in [2.24, 2.45) is 0 Å². The summed E-state index contributed by atoms with van der Waals surface area (Å²) in [4.78, 5) is 0. The van der Waals surface area contributed by atoms with Gasteiger partial charge in [-0.2, -0.15) is 0 Å². The molecule has 0 unspecified atom stereocenters. The first-order valence-electron chi connectivity index (χ1n) is 5.13. The van der Waals surface area contributed by atoms with Gasteiger partial charge in [0.25, 0.3) is 0 Å². The van der Waals surface area contributed by atoms with Crippen molar-refractivity contribution in [2.45, 2.75) is 6.54 Å². The van der Waals surface area contributed by atoms with E-state index in [9.17, 15) is 5.21 Å². The third-order valence-corrected chi connectivity index (χ3v) is 2.80. The highest BCUT2D eigenvalue weighted by molar-refractivity contribution is 6.31. The molecule has 0 aliphatic carbocycles. The molecule has 0 spiro atoms. The molecule has 0 amide bonds. The van der Waals surface area contributed by atoms with E-state index in [2.05, 4.69) is 0 Å². The number of hydroxylamine groups is 3. The number of aliphatic hydroxyl groups is 2. The van der Waals surface area contributed by atoms with Crippen LogP contribution in [0.15, 0.2) is 24.3 Å². The van der Waals surface area contributed by atoms with Gasteiger partial charge in [-0.3, -0.25) is 0 Å². The van der Waals surface area contributed by atoms with Crippen molar-refractivity contribution in [1.29, 1.82) is 0 Å². The molecule has 1 aromatic carbocycles. The van der Waals surface area contributed by atoms with E-state index in [0.717, 1.165) is 5.56 Å². The van der Waals surface area contributed by atoms with Crippen molar-refractivity contribution in [3.63, 3.8) is 0 Å². The first-order valence-corrected chi connectivity index (χ1v) is 5.51. The predicted octanol–water partition coefficient (Wildman–Crippen LogP) is 1.14. The molecular formula is C11H16ClNO3. The quantitative estimate of drug-likeness (QED) is 0.584. The summed E-state index contributed by atoms with van der Waals surface area (Å²) in [7, 11) is 0. The number of hydrogen-bond acceptors (Lipinski definition) is 3. The van der Waals surface area contributed by atoms with Gasteiger partial charge in [0, 0.05) is 10.6 Å². The van der Waals surface area contributed by atoms with Crippen LogP contribution in [0, 0.1) is 5.21 Å². The van der Waals surface area contributed by atoms with Gasteiger partial charge in [-0.25, -0.2) is 0 Å². The van der Waals surface area contributed by atoms with Gasteiger partial charge in [-0.15, -0.1) is 0 Å². The summed E-state index contributed by atoms with van der Waals surface area (Å²) < 4.78 is -0.656. The Morgan fingerprint density at radius 3 is 2.19 bits per heavy atom. The van der Waals surface area contributed by atoms with Crippen LogP contribution in [0.5, 0.6) is 0 Å². The minimum Gasteiger partial charge on any atom is -0.632 e. The van der Waals surface area contributed by atoms with Gasteiger partial charge in [-0.1, -0.05) is 29.8 Å². The van der Waals surface area contributed by atoms with Gasteiger partial charge in [-0.05, 0) is 6.07 Å². The lowest BCUT2D eigenvalue weighted by molar-refractivity contribution is -0.894. The lowest BCUT2D eigenvalue weighted by Gasteiger charge is -2.42. The maximum atomic E-state index is 12.2. The number of halogens is 1. The van der Waals surface area contributed by atoms with E-state index in [1.54, 1.807) is 18.2 Å². The molecule has 1 aromatic rings. The van der Waals surface area contributed by atoms with E-state index in [4.69, 9.17) is 21.8 Å². The third-order valence-electron chi connectivity index (χ3n) is 2.43. The first-order chi connectivity index (χ1) is 7.61. The smallest absolute Gasteiger partial charge is 0.106 e. The summed E-state index contributed by atoms with van der Waals surface area (Å²) in [5.41, 5.74) is 0.737. The maximum absolute atomic E-state index is 12.2. The molecule has 0 saturated carbocycles. The number of rotatable bonds is 6. The summed E-state index contributed by atoms with van der Waals surface area (Å²) in [6.07, 6.45) is 0. The monoisotopic (exact) mass is 245 g/mol. The zero-order chi connectivity index (χ0) is 12.0. The standard InChI is InChI=1S/C11H16ClNO3/c12-11-4-2-1-3-10(11)9-13(16,5-7-14)6-8-15/h1-4,14-15H,5-9H2. The molecule has 0 aliphatic rings. The Hall–Kier alpha value is -0.650. The van der Waals surface area contributed by atoms with Crippen molar-refractivity contribution in [1.82, 2.24) is 0 Å². The molecule has 90 valence electrons. The topological polar surface area (TPSA) is 63.5 Å². The number of hydrogen-bond donors (Lipinski definition) is 2. The van der Waals surface area contributed by atoms with Crippen LogP contribution in [0.3, 0.4) is 0 Å². The van der Waals surface area contributed by atoms with Crippen LogP contribution < -0.4 is 0 Å². The van der Waals surface area contributed by atoms with Crippen LogP contribution >= 0.6 is 11.6 Å². The second kappa shape index (κ2) is 6.18. The minimum absolute atomic E-state index is 0.0613. The molecule has 5 heteroatoms. The molecule has 4 nitrogen and oxygen atoms in total.